The van der Waals surface area contributed by atoms with Crippen molar-refractivity contribution in [2.45, 2.75) is 18.4 Å². The largest absolute Gasteiger partial charge is 0.496 e. The fourth-order valence-electron chi connectivity index (χ4n) is 5.41. The van der Waals surface area contributed by atoms with Crippen LogP contribution in [0.25, 0.3) is 17.0 Å². The van der Waals surface area contributed by atoms with Crippen LogP contribution in [0.2, 0.25) is 0 Å². The molecule has 1 amide bonds. The third-order valence-corrected chi connectivity index (χ3v) is 9.40. The lowest BCUT2D eigenvalue weighted by Crippen LogP contribution is -2.47. The number of methoxy groups -OCH3 is 1. The van der Waals surface area contributed by atoms with Crippen LogP contribution in [0.15, 0.2) is 77.5 Å². The van der Waals surface area contributed by atoms with Gasteiger partial charge in [-0.25, -0.2) is 17.2 Å². The minimum absolute atomic E-state index is 0.0748. The monoisotopic (exact) mass is 587 g/mol. The number of ether oxygens (including phenoxy) is 2. The lowest BCUT2D eigenvalue weighted by atomic mass is 10.0. The molecule has 11 heteroatoms. The maximum absolute atomic E-state index is 13.6. The van der Waals surface area contributed by atoms with Gasteiger partial charge in [0.25, 0.3) is 10.0 Å². The summed E-state index contributed by atoms with van der Waals surface area (Å²) in [5, 5.41) is 9.93. The second-order valence-electron chi connectivity index (χ2n) is 10.3. The Labute approximate surface area is 243 Å². The normalized spacial score (nSPS) is 16.6. The molecule has 4 aromatic rings. The zero-order chi connectivity index (χ0) is 29.6. The molecule has 10 nitrogen and oxygen atoms in total. The van der Waals surface area contributed by atoms with E-state index in [1.54, 1.807) is 67.8 Å². The van der Waals surface area contributed by atoms with Gasteiger partial charge in [-0.1, -0.05) is 35.9 Å². The maximum Gasteiger partial charge on any atom is 0.407 e. The number of carbonyl (C=O) groups is 2. The van der Waals surface area contributed by atoms with Crippen molar-refractivity contribution >= 4 is 38.9 Å². The van der Waals surface area contributed by atoms with E-state index in [2.05, 4.69) is 4.90 Å². The average molecular weight is 588 g/mol. The van der Waals surface area contributed by atoms with Gasteiger partial charge in [-0.05, 0) is 43.3 Å². The smallest absolute Gasteiger partial charge is 0.407 e. The summed E-state index contributed by atoms with van der Waals surface area (Å²) in [6.45, 7) is 4.13. The molecule has 0 unspecified atom stereocenters. The average Bonchev–Trinajstić information content (AvgIpc) is 3.52. The summed E-state index contributed by atoms with van der Waals surface area (Å²) in [6.07, 6.45) is 2.15. The van der Waals surface area contributed by atoms with Crippen LogP contribution in [0.5, 0.6) is 11.5 Å². The molecule has 2 aliphatic rings. The van der Waals surface area contributed by atoms with Crippen LogP contribution in [0.1, 0.15) is 27.0 Å². The standard InChI is InChI=1S/C31H29N3O7S/c1-20-7-9-22(10-8-20)42(38,39)34-18-21(23-5-3-4-6-26(23)34)17-28-29(35)24-11-12-27(40-2)25(30(24)41-28)19-32-13-15-33(16-14-32)31(36)37/h3-12,17-18H,13-16,19H2,1-2H3,(H,36,37). The van der Waals surface area contributed by atoms with Gasteiger partial charge in [0, 0.05) is 49.9 Å². The summed E-state index contributed by atoms with van der Waals surface area (Å²) in [5.41, 5.74) is 3.04. The molecule has 0 atom stereocenters. The number of para-hydroxylation sites is 1. The molecule has 1 saturated heterocycles. The Balaban J connectivity index is 1.36. The number of carboxylic acid groups (broad SMARTS) is 1. The van der Waals surface area contributed by atoms with Crippen LogP contribution in [0.4, 0.5) is 4.79 Å². The Morgan fingerprint density at radius 1 is 1.02 bits per heavy atom. The van der Waals surface area contributed by atoms with E-state index in [-0.39, 0.29) is 16.4 Å². The van der Waals surface area contributed by atoms with Crippen LogP contribution in [-0.4, -0.2) is 72.5 Å². The zero-order valence-corrected chi connectivity index (χ0v) is 23.9. The number of aryl methyl sites for hydroxylation is 1. The van der Waals surface area contributed by atoms with Gasteiger partial charge in [-0.2, -0.15) is 0 Å². The van der Waals surface area contributed by atoms with Crippen molar-refractivity contribution in [2.24, 2.45) is 0 Å². The quantitative estimate of drug-likeness (QED) is 0.325. The third-order valence-electron chi connectivity index (χ3n) is 7.72. The van der Waals surface area contributed by atoms with Gasteiger partial charge in [0.15, 0.2) is 5.76 Å². The molecular weight excluding hydrogens is 558 g/mol. The van der Waals surface area contributed by atoms with E-state index in [9.17, 15) is 23.1 Å². The van der Waals surface area contributed by atoms with Gasteiger partial charge in [0.1, 0.15) is 11.5 Å². The Morgan fingerprint density at radius 3 is 2.43 bits per heavy atom. The lowest BCUT2D eigenvalue weighted by Gasteiger charge is -2.33. The van der Waals surface area contributed by atoms with Crippen molar-refractivity contribution in [2.75, 3.05) is 33.3 Å². The SMILES string of the molecule is COc1ccc2c(c1CN1CCN(C(=O)O)CC1)OC(=Cc1cn(S(=O)(=O)c3ccc(C)cc3)c3ccccc13)C2=O. The van der Waals surface area contributed by atoms with E-state index >= 15 is 0 Å². The van der Waals surface area contributed by atoms with E-state index in [0.29, 0.717) is 71.8 Å². The number of Topliss-reactive ketones (excluding diaryl/α,β-unsaturated/α-hetero) is 1. The highest BCUT2D eigenvalue weighted by molar-refractivity contribution is 7.90. The zero-order valence-electron chi connectivity index (χ0n) is 23.1. The summed E-state index contributed by atoms with van der Waals surface area (Å²) in [6, 6.07) is 17.2. The fraction of sp³-hybridized carbons (Fsp3) is 0.226. The minimum atomic E-state index is -3.90. The van der Waals surface area contributed by atoms with Crippen LogP contribution in [0, 0.1) is 6.92 Å². The molecule has 3 aromatic carbocycles. The molecule has 6 rings (SSSR count). The van der Waals surface area contributed by atoms with E-state index in [1.807, 2.05) is 13.0 Å². The minimum Gasteiger partial charge on any atom is -0.496 e. The van der Waals surface area contributed by atoms with E-state index in [4.69, 9.17) is 9.47 Å². The number of fused-ring (bicyclic) bond motifs is 2. The Bertz CT molecular complexity index is 1850. The van der Waals surface area contributed by atoms with Gasteiger partial charge < -0.3 is 19.5 Å². The number of carbonyl (C=O) groups excluding carboxylic acids is 1. The summed E-state index contributed by atoms with van der Waals surface area (Å²) >= 11 is 0. The highest BCUT2D eigenvalue weighted by Gasteiger charge is 2.33. The predicted molar refractivity (Wildman–Crippen MR) is 157 cm³/mol. The van der Waals surface area contributed by atoms with Crippen molar-refractivity contribution in [3.05, 3.63) is 94.9 Å². The second-order valence-corrected chi connectivity index (χ2v) is 12.1. The number of aromatic nitrogens is 1. The third kappa shape index (κ3) is 4.80. The highest BCUT2D eigenvalue weighted by Crippen LogP contribution is 2.41. The topological polar surface area (TPSA) is 118 Å². The van der Waals surface area contributed by atoms with Gasteiger partial charge >= 0.3 is 6.09 Å². The van der Waals surface area contributed by atoms with E-state index < -0.39 is 16.1 Å². The van der Waals surface area contributed by atoms with E-state index in [1.165, 1.54) is 15.1 Å². The predicted octanol–water partition coefficient (Wildman–Crippen LogP) is 4.61. The number of allylic oxidation sites excluding steroid dienone is 1. The summed E-state index contributed by atoms with van der Waals surface area (Å²) in [4.78, 5) is 28.4. The van der Waals surface area contributed by atoms with Crippen molar-refractivity contribution < 1.29 is 32.6 Å². The van der Waals surface area contributed by atoms with Gasteiger partial charge in [0.05, 0.1) is 28.6 Å². The summed E-state index contributed by atoms with van der Waals surface area (Å²) in [5.74, 6) is 0.709. The van der Waals surface area contributed by atoms with Crippen molar-refractivity contribution in [1.29, 1.82) is 0 Å². The molecule has 0 radical (unpaired) electrons. The summed E-state index contributed by atoms with van der Waals surface area (Å²) in [7, 11) is -2.36. The molecule has 1 N–H and O–H groups in total. The summed E-state index contributed by atoms with van der Waals surface area (Å²) < 4.78 is 40.2. The molecular formula is C31H29N3O7S. The molecule has 216 valence electrons. The Kier molecular flexibility index (Phi) is 6.99. The van der Waals surface area contributed by atoms with Gasteiger partial charge in [-0.15, -0.1) is 0 Å². The number of hydrogen-bond acceptors (Lipinski definition) is 7. The van der Waals surface area contributed by atoms with Crippen LogP contribution in [-0.2, 0) is 16.6 Å². The number of benzene rings is 3. The molecule has 0 spiro atoms. The van der Waals surface area contributed by atoms with Gasteiger partial charge in [0.2, 0.25) is 5.78 Å². The van der Waals surface area contributed by atoms with Gasteiger partial charge in [-0.3, -0.25) is 9.69 Å². The Hall–Kier alpha value is -4.61. The molecule has 3 heterocycles. The van der Waals surface area contributed by atoms with Crippen LogP contribution in [0.3, 0.4) is 0 Å². The number of piperazine rings is 1. The number of hydrogen-bond donors (Lipinski definition) is 1. The van der Waals surface area contributed by atoms with Crippen molar-refractivity contribution in [3.63, 3.8) is 0 Å². The molecule has 1 aromatic heterocycles. The molecule has 1 fully saturated rings. The van der Waals surface area contributed by atoms with Crippen LogP contribution < -0.4 is 9.47 Å². The number of amides is 1. The number of nitrogens with zero attached hydrogens (tertiary/aromatic N) is 3. The first-order chi connectivity index (χ1) is 20.2. The molecule has 0 saturated carbocycles. The molecule has 2 aliphatic heterocycles. The molecule has 0 bridgehead atoms. The van der Waals surface area contributed by atoms with Crippen molar-refractivity contribution in [3.8, 4) is 11.5 Å². The first-order valence-electron chi connectivity index (χ1n) is 13.4. The number of ketones is 1. The first-order valence-corrected chi connectivity index (χ1v) is 14.9. The van der Waals surface area contributed by atoms with Crippen molar-refractivity contribution in [1.82, 2.24) is 13.8 Å². The molecule has 0 aliphatic carbocycles. The molecule has 42 heavy (non-hydrogen) atoms. The van der Waals surface area contributed by atoms with Crippen LogP contribution >= 0.6 is 0 Å². The second kappa shape index (κ2) is 10.7. The highest BCUT2D eigenvalue weighted by atomic mass is 32.2. The number of rotatable bonds is 6. The lowest BCUT2D eigenvalue weighted by molar-refractivity contribution is 0.101. The fourth-order valence-corrected chi connectivity index (χ4v) is 6.78. The maximum atomic E-state index is 13.6. The van der Waals surface area contributed by atoms with E-state index in [0.717, 1.165) is 5.56 Å². The Morgan fingerprint density at radius 2 is 1.74 bits per heavy atom. The first kappa shape index (κ1) is 27.6.